The number of carboxylic acids is 1. The van der Waals surface area contributed by atoms with Gasteiger partial charge in [-0.2, -0.15) is 0 Å². The number of sulfone groups is 1. The lowest BCUT2D eigenvalue weighted by molar-refractivity contribution is -0.139. The summed E-state index contributed by atoms with van der Waals surface area (Å²) in [6, 6.07) is 11.8. The number of furan rings is 1. The van der Waals surface area contributed by atoms with Crippen molar-refractivity contribution in [3.8, 4) is 0 Å². The van der Waals surface area contributed by atoms with Crippen LogP contribution in [0.2, 0.25) is 10.0 Å². The Balaban J connectivity index is 1.34. The Labute approximate surface area is 249 Å². The van der Waals surface area contributed by atoms with E-state index in [1.165, 1.54) is 18.2 Å². The van der Waals surface area contributed by atoms with Crippen molar-refractivity contribution in [1.82, 2.24) is 10.2 Å². The van der Waals surface area contributed by atoms with Crippen molar-refractivity contribution in [2.75, 3.05) is 12.7 Å². The number of benzene rings is 3. The third kappa shape index (κ3) is 5.95. The summed E-state index contributed by atoms with van der Waals surface area (Å²) in [7, 11) is -4.67. The van der Waals surface area contributed by atoms with E-state index in [9.17, 15) is 27.9 Å². The highest BCUT2D eigenvalue weighted by atomic mass is 35.5. The summed E-state index contributed by atoms with van der Waals surface area (Å²) in [5, 5.41) is 13.0. The molecule has 1 aliphatic heterocycles. The summed E-state index contributed by atoms with van der Waals surface area (Å²) in [6.45, 7) is 0.483. The molecular formula is C29H24Cl2N2O7S. The molecule has 2 heterocycles. The van der Waals surface area contributed by atoms with Crippen molar-refractivity contribution in [3.05, 3.63) is 98.7 Å². The molecule has 1 atom stereocenters. The van der Waals surface area contributed by atoms with Gasteiger partial charge in [0.15, 0.2) is 9.84 Å². The maximum atomic E-state index is 13.3. The minimum atomic E-state index is -4.67. The Hall–Kier alpha value is -3.86. The Kier molecular flexibility index (Phi) is 6.80. The smallest absolute Gasteiger partial charge is 0.326 e. The fourth-order valence-corrected chi connectivity index (χ4v) is 6.14. The quantitative estimate of drug-likeness (QED) is 0.305. The predicted molar refractivity (Wildman–Crippen MR) is 153 cm³/mol. The fourth-order valence-electron chi connectivity index (χ4n) is 4.81. The molecule has 2 N–H and O–H groups in total. The number of nitrogens with zero attached hydrogens (tertiary/aromatic N) is 1. The van der Waals surface area contributed by atoms with E-state index in [4.69, 9.17) is 31.7 Å². The number of carbonyl (C=O) groups is 3. The van der Waals surface area contributed by atoms with Gasteiger partial charge in [0.05, 0.1) is 26.8 Å². The lowest BCUT2D eigenvalue weighted by atomic mass is 9.95. The molecule has 0 unspecified atom stereocenters. The minimum Gasteiger partial charge on any atom is -0.480 e. The molecular weight excluding hydrogens is 591 g/mol. The normalized spacial score (nSPS) is 15.4. The van der Waals surface area contributed by atoms with E-state index in [0.29, 0.717) is 35.2 Å². The molecule has 0 spiro atoms. The van der Waals surface area contributed by atoms with Gasteiger partial charge in [-0.1, -0.05) is 41.4 Å². The molecule has 0 aliphatic carbocycles. The Morgan fingerprint density at radius 3 is 2.71 bits per heavy atom. The molecule has 212 valence electrons. The highest BCUT2D eigenvalue weighted by molar-refractivity contribution is 7.90. The van der Waals surface area contributed by atoms with E-state index in [1.54, 1.807) is 35.4 Å². The zero-order chi connectivity index (χ0) is 32.0. The van der Waals surface area contributed by atoms with Gasteiger partial charge in [-0.25, -0.2) is 13.2 Å². The summed E-state index contributed by atoms with van der Waals surface area (Å²) in [5.41, 5.74) is 2.30. The maximum Gasteiger partial charge on any atom is 0.326 e. The number of carboxylic acid groups (broad SMARTS) is 1. The van der Waals surface area contributed by atoms with E-state index in [-0.39, 0.29) is 40.0 Å². The highest BCUT2D eigenvalue weighted by Gasteiger charge is 2.30. The summed E-state index contributed by atoms with van der Waals surface area (Å²) in [4.78, 5) is 39.7. The van der Waals surface area contributed by atoms with Gasteiger partial charge >= 0.3 is 5.97 Å². The number of aliphatic carboxylic acids is 1. The predicted octanol–water partition coefficient (Wildman–Crippen LogP) is 4.77. The second-order valence-electron chi connectivity index (χ2n) is 9.55. The maximum absolute atomic E-state index is 13.3. The SMILES string of the molecule is [2H]C([2H])([2H])S(=O)(=O)c1cccc(C[C@H](NC(=O)c2c(Cl)cc3c(c2Cl)CCN(C(=O)c2ccc4ccoc4c2)C3)C(=O)O)c1. The molecule has 0 saturated carbocycles. The summed E-state index contributed by atoms with van der Waals surface area (Å²) in [5.74, 6) is -2.51. The van der Waals surface area contributed by atoms with Gasteiger partial charge in [0.25, 0.3) is 11.8 Å². The molecule has 3 aromatic carbocycles. The number of amides is 2. The molecule has 1 aliphatic rings. The zero-order valence-corrected chi connectivity index (χ0v) is 23.5. The van der Waals surface area contributed by atoms with Crippen LogP contribution in [-0.4, -0.2) is 55.0 Å². The van der Waals surface area contributed by atoms with Gasteiger partial charge in [0.2, 0.25) is 0 Å². The summed E-state index contributed by atoms with van der Waals surface area (Å²) < 4.78 is 51.9. The van der Waals surface area contributed by atoms with E-state index in [0.717, 1.165) is 17.5 Å². The number of nitrogens with one attached hydrogen (secondary N) is 1. The first kappa shape index (κ1) is 24.9. The lowest BCUT2D eigenvalue weighted by Gasteiger charge is -2.30. The fraction of sp³-hybridized carbons (Fsp3) is 0.207. The van der Waals surface area contributed by atoms with Crippen LogP contribution in [0.1, 0.15) is 41.5 Å². The third-order valence-corrected chi connectivity index (χ3v) is 8.46. The van der Waals surface area contributed by atoms with Crippen LogP contribution in [0.25, 0.3) is 11.0 Å². The monoisotopic (exact) mass is 617 g/mol. The standard InChI is InChI=1S/C29H24Cl2N2O7S/c1-41(38,39)20-4-2-3-16(11-20)12-23(29(36)37)32-27(34)25-22(30)13-19-15-33(9-7-21(19)26(25)31)28(35)18-6-5-17-8-10-40-24(17)14-18/h2-6,8,10-11,13-14,23H,7,9,12,15H2,1H3,(H,32,34)(H,36,37)/t23-/m0/s1/i1D3. The Morgan fingerprint density at radius 1 is 1.15 bits per heavy atom. The number of hydrogen-bond acceptors (Lipinski definition) is 6. The Bertz CT molecular complexity index is 1930. The molecule has 41 heavy (non-hydrogen) atoms. The molecule has 5 rings (SSSR count). The van der Waals surface area contributed by atoms with Crippen LogP contribution < -0.4 is 5.32 Å². The highest BCUT2D eigenvalue weighted by Crippen LogP contribution is 2.35. The van der Waals surface area contributed by atoms with Crippen molar-refractivity contribution >= 4 is 61.8 Å². The van der Waals surface area contributed by atoms with Crippen LogP contribution in [0.5, 0.6) is 0 Å². The molecule has 1 aromatic heterocycles. The van der Waals surface area contributed by atoms with Crippen LogP contribution >= 0.6 is 23.2 Å². The lowest BCUT2D eigenvalue weighted by Crippen LogP contribution is -2.42. The first-order valence-electron chi connectivity index (χ1n) is 13.8. The summed E-state index contributed by atoms with van der Waals surface area (Å²) in [6.07, 6.45) is -1.80. The van der Waals surface area contributed by atoms with Gasteiger partial charge in [-0.05, 0) is 59.5 Å². The van der Waals surface area contributed by atoms with Crippen molar-refractivity contribution in [3.63, 3.8) is 0 Å². The number of rotatable bonds is 7. The van der Waals surface area contributed by atoms with Crippen molar-refractivity contribution in [2.24, 2.45) is 0 Å². The van der Waals surface area contributed by atoms with Crippen molar-refractivity contribution in [2.45, 2.75) is 30.3 Å². The van der Waals surface area contributed by atoms with E-state index < -0.39 is 38.8 Å². The second-order valence-corrected chi connectivity index (χ2v) is 11.8. The van der Waals surface area contributed by atoms with Crippen LogP contribution in [0, 0.1) is 0 Å². The summed E-state index contributed by atoms with van der Waals surface area (Å²) >= 11 is 13.1. The average Bonchev–Trinajstić information content (AvgIpc) is 3.44. The van der Waals surface area contributed by atoms with Crippen molar-refractivity contribution in [1.29, 1.82) is 0 Å². The minimum absolute atomic E-state index is 0.0315. The largest absolute Gasteiger partial charge is 0.480 e. The van der Waals surface area contributed by atoms with Crippen LogP contribution in [0.4, 0.5) is 0 Å². The van der Waals surface area contributed by atoms with Crippen LogP contribution in [-0.2, 0) is 34.0 Å². The molecule has 2 amide bonds. The topological polar surface area (TPSA) is 134 Å². The molecule has 0 radical (unpaired) electrons. The second kappa shape index (κ2) is 11.2. The van der Waals surface area contributed by atoms with Gasteiger partial charge in [-0.3, -0.25) is 9.59 Å². The third-order valence-electron chi connectivity index (χ3n) is 6.87. The number of hydrogen-bond donors (Lipinski definition) is 2. The number of carbonyl (C=O) groups excluding carboxylic acids is 2. The first-order chi connectivity index (χ1) is 20.7. The van der Waals surface area contributed by atoms with Crippen molar-refractivity contribution < 1.29 is 36.4 Å². The Morgan fingerprint density at radius 2 is 1.95 bits per heavy atom. The van der Waals surface area contributed by atoms with Gasteiger partial charge in [-0.15, -0.1) is 0 Å². The van der Waals surface area contributed by atoms with E-state index in [2.05, 4.69) is 5.32 Å². The van der Waals surface area contributed by atoms with Crippen LogP contribution in [0.15, 0.2) is 70.2 Å². The van der Waals surface area contributed by atoms with E-state index in [1.807, 2.05) is 0 Å². The van der Waals surface area contributed by atoms with Crippen LogP contribution in [0.3, 0.4) is 0 Å². The molecule has 0 bridgehead atoms. The average molecular weight is 619 g/mol. The van der Waals surface area contributed by atoms with Gasteiger partial charge < -0.3 is 19.7 Å². The number of fused-ring (bicyclic) bond motifs is 2. The molecule has 12 heteroatoms. The van der Waals surface area contributed by atoms with Gasteiger partial charge in [0.1, 0.15) is 11.6 Å². The molecule has 9 nitrogen and oxygen atoms in total. The zero-order valence-electron chi connectivity index (χ0n) is 24.2. The number of halogens is 2. The molecule has 0 fully saturated rings. The molecule has 4 aromatic rings. The van der Waals surface area contributed by atoms with Gasteiger partial charge in [0, 0.05) is 40.8 Å². The first-order valence-corrected chi connectivity index (χ1v) is 14.5. The van der Waals surface area contributed by atoms with E-state index >= 15 is 0 Å². The molecule has 0 saturated heterocycles.